The van der Waals surface area contributed by atoms with Crippen LogP contribution in [0.1, 0.15) is 24.6 Å². The average molecular weight is 335 g/mol. The van der Waals surface area contributed by atoms with Crippen LogP contribution in [-0.4, -0.2) is 28.6 Å². The molecule has 0 saturated carbocycles. The summed E-state index contributed by atoms with van der Waals surface area (Å²) in [4.78, 5) is 3.65. The Morgan fingerprint density at radius 1 is 1.18 bits per heavy atom. The highest BCUT2D eigenvalue weighted by atomic mass is 35.5. The van der Waals surface area contributed by atoms with Gasteiger partial charge in [-0.05, 0) is 43.5 Å². The summed E-state index contributed by atoms with van der Waals surface area (Å²) >= 11 is 7.81. The molecule has 0 spiro atoms. The van der Waals surface area contributed by atoms with Gasteiger partial charge in [-0.3, -0.25) is 4.68 Å². The number of anilines is 2. The van der Waals surface area contributed by atoms with Crippen molar-refractivity contribution in [2.45, 2.75) is 30.2 Å². The number of nitrogen functional groups attached to an aromatic ring is 1. The van der Waals surface area contributed by atoms with E-state index in [2.05, 4.69) is 26.8 Å². The van der Waals surface area contributed by atoms with Crippen LogP contribution in [0.5, 0.6) is 0 Å². The first kappa shape index (κ1) is 14.3. The lowest BCUT2D eigenvalue weighted by atomic mass is 10.0. The maximum atomic E-state index is 6.06. The Hall–Kier alpha value is -1.33. The SMILES string of the molecule is Nc1nn(C2CCN(c3ccc(Cl)cc3)CC2)c2c1SCC2. The van der Waals surface area contributed by atoms with E-state index in [4.69, 9.17) is 17.3 Å². The third-order valence-electron chi connectivity index (χ3n) is 4.57. The van der Waals surface area contributed by atoms with Crippen molar-refractivity contribution < 1.29 is 0 Å². The second-order valence-electron chi connectivity index (χ2n) is 5.90. The maximum Gasteiger partial charge on any atom is 0.159 e. The van der Waals surface area contributed by atoms with E-state index >= 15 is 0 Å². The highest BCUT2D eigenvalue weighted by molar-refractivity contribution is 7.99. The molecule has 0 atom stereocenters. The molecule has 0 bridgehead atoms. The topological polar surface area (TPSA) is 47.1 Å². The number of piperidine rings is 1. The van der Waals surface area contributed by atoms with Crippen molar-refractivity contribution in [2.24, 2.45) is 0 Å². The zero-order valence-corrected chi connectivity index (χ0v) is 13.9. The van der Waals surface area contributed by atoms with E-state index in [-0.39, 0.29) is 0 Å². The quantitative estimate of drug-likeness (QED) is 0.911. The number of hydrogen-bond donors (Lipinski definition) is 1. The first-order valence-corrected chi connectivity index (χ1v) is 9.09. The van der Waals surface area contributed by atoms with Crippen molar-refractivity contribution in [2.75, 3.05) is 29.5 Å². The van der Waals surface area contributed by atoms with Crippen LogP contribution in [0.25, 0.3) is 0 Å². The van der Waals surface area contributed by atoms with Crippen molar-refractivity contribution in [1.82, 2.24) is 9.78 Å². The minimum absolute atomic E-state index is 0.480. The lowest BCUT2D eigenvalue weighted by Gasteiger charge is -2.34. The van der Waals surface area contributed by atoms with E-state index in [1.54, 1.807) is 0 Å². The number of benzene rings is 1. The van der Waals surface area contributed by atoms with Crippen LogP contribution < -0.4 is 10.6 Å². The molecule has 2 aliphatic rings. The number of nitrogens with two attached hydrogens (primary N) is 1. The maximum absolute atomic E-state index is 6.06. The standard InChI is InChI=1S/C16H19ClN4S/c17-11-1-3-12(4-2-11)20-8-5-13(6-9-20)21-14-7-10-22-15(14)16(18)19-21/h1-4,13H,5-10H2,(H2,18,19). The summed E-state index contributed by atoms with van der Waals surface area (Å²) in [5, 5.41) is 5.39. The molecule has 1 aromatic carbocycles. The van der Waals surface area contributed by atoms with E-state index in [1.165, 1.54) is 16.3 Å². The number of fused-ring (bicyclic) bond motifs is 1. The van der Waals surface area contributed by atoms with Crippen LogP contribution in [0.15, 0.2) is 29.2 Å². The second kappa shape index (κ2) is 5.70. The minimum Gasteiger partial charge on any atom is -0.381 e. The van der Waals surface area contributed by atoms with Gasteiger partial charge in [-0.25, -0.2) is 0 Å². The van der Waals surface area contributed by atoms with Gasteiger partial charge in [0, 0.05) is 29.6 Å². The molecule has 4 rings (SSSR count). The van der Waals surface area contributed by atoms with Crippen LogP contribution in [0, 0.1) is 0 Å². The molecule has 0 amide bonds. The molecule has 2 N–H and O–H groups in total. The fourth-order valence-electron chi connectivity index (χ4n) is 3.43. The van der Waals surface area contributed by atoms with E-state index in [1.807, 2.05) is 23.9 Å². The molecule has 6 heteroatoms. The lowest BCUT2D eigenvalue weighted by molar-refractivity contribution is 0.359. The van der Waals surface area contributed by atoms with Crippen molar-refractivity contribution in [3.05, 3.63) is 35.0 Å². The Balaban J connectivity index is 1.48. The van der Waals surface area contributed by atoms with Crippen molar-refractivity contribution >= 4 is 34.9 Å². The monoisotopic (exact) mass is 334 g/mol. The van der Waals surface area contributed by atoms with Crippen molar-refractivity contribution in [3.8, 4) is 0 Å². The summed E-state index contributed by atoms with van der Waals surface area (Å²) in [7, 11) is 0. The summed E-state index contributed by atoms with van der Waals surface area (Å²) in [6, 6.07) is 8.60. The lowest BCUT2D eigenvalue weighted by Crippen LogP contribution is -2.35. The molecule has 1 fully saturated rings. The van der Waals surface area contributed by atoms with E-state index in [0.29, 0.717) is 6.04 Å². The first-order chi connectivity index (χ1) is 10.7. The number of hydrogen-bond acceptors (Lipinski definition) is 4. The summed E-state index contributed by atoms with van der Waals surface area (Å²) in [5.74, 6) is 1.86. The Bertz CT molecular complexity index is 674. The smallest absolute Gasteiger partial charge is 0.159 e. The van der Waals surface area contributed by atoms with Gasteiger partial charge in [0.25, 0.3) is 0 Å². The molecular weight excluding hydrogens is 316 g/mol. The van der Waals surface area contributed by atoms with Crippen LogP contribution in [-0.2, 0) is 6.42 Å². The zero-order chi connectivity index (χ0) is 15.1. The summed E-state index contributed by atoms with van der Waals surface area (Å²) in [5.41, 5.74) is 8.66. The molecule has 0 unspecified atom stereocenters. The van der Waals surface area contributed by atoms with Gasteiger partial charge >= 0.3 is 0 Å². The number of halogens is 1. The fraction of sp³-hybridized carbons (Fsp3) is 0.438. The summed E-state index contributed by atoms with van der Waals surface area (Å²) in [6.45, 7) is 2.10. The Morgan fingerprint density at radius 2 is 1.91 bits per heavy atom. The third-order valence-corrected chi connectivity index (χ3v) is 5.97. The molecule has 2 aromatic rings. The molecule has 1 saturated heterocycles. The van der Waals surface area contributed by atoms with Crippen LogP contribution in [0.3, 0.4) is 0 Å². The molecule has 1 aromatic heterocycles. The first-order valence-electron chi connectivity index (χ1n) is 7.72. The molecule has 116 valence electrons. The number of nitrogens with zero attached hydrogens (tertiary/aromatic N) is 3. The van der Waals surface area contributed by atoms with Crippen LogP contribution in [0.2, 0.25) is 5.02 Å². The van der Waals surface area contributed by atoms with Gasteiger partial charge in [0.05, 0.1) is 16.6 Å². The van der Waals surface area contributed by atoms with Gasteiger partial charge < -0.3 is 10.6 Å². The highest BCUT2D eigenvalue weighted by Crippen LogP contribution is 2.39. The van der Waals surface area contributed by atoms with Gasteiger partial charge in [-0.1, -0.05) is 11.6 Å². The van der Waals surface area contributed by atoms with Gasteiger partial charge in [0.1, 0.15) is 0 Å². The van der Waals surface area contributed by atoms with E-state index in [9.17, 15) is 0 Å². The van der Waals surface area contributed by atoms with Gasteiger partial charge in [0.2, 0.25) is 0 Å². The third kappa shape index (κ3) is 2.46. The Kier molecular flexibility index (Phi) is 3.70. The Labute approximate surface area is 139 Å². The minimum atomic E-state index is 0.480. The Morgan fingerprint density at radius 3 is 2.64 bits per heavy atom. The predicted octanol–water partition coefficient (Wildman–Crippen LogP) is 3.61. The van der Waals surface area contributed by atoms with Crippen LogP contribution >= 0.6 is 23.4 Å². The van der Waals surface area contributed by atoms with Gasteiger partial charge in [-0.15, -0.1) is 11.8 Å². The number of rotatable bonds is 2. The molecule has 4 nitrogen and oxygen atoms in total. The number of aromatic nitrogens is 2. The average Bonchev–Trinajstić information content (AvgIpc) is 3.13. The largest absolute Gasteiger partial charge is 0.381 e. The predicted molar refractivity (Wildman–Crippen MR) is 93.0 cm³/mol. The van der Waals surface area contributed by atoms with Gasteiger partial charge in [0.15, 0.2) is 5.82 Å². The summed E-state index contributed by atoms with van der Waals surface area (Å²) in [6.07, 6.45) is 3.32. The van der Waals surface area contributed by atoms with Crippen molar-refractivity contribution in [3.63, 3.8) is 0 Å². The zero-order valence-electron chi connectivity index (χ0n) is 12.3. The number of thioether (sulfide) groups is 1. The normalized spacial score (nSPS) is 18.7. The van der Waals surface area contributed by atoms with Gasteiger partial charge in [-0.2, -0.15) is 5.10 Å². The van der Waals surface area contributed by atoms with Crippen LogP contribution in [0.4, 0.5) is 11.5 Å². The molecule has 0 aliphatic carbocycles. The van der Waals surface area contributed by atoms with E-state index < -0.39 is 0 Å². The second-order valence-corrected chi connectivity index (χ2v) is 7.44. The molecule has 2 aliphatic heterocycles. The summed E-state index contributed by atoms with van der Waals surface area (Å²) < 4.78 is 2.21. The fourth-order valence-corrected chi connectivity index (χ4v) is 4.61. The molecule has 3 heterocycles. The highest BCUT2D eigenvalue weighted by Gasteiger charge is 2.28. The van der Waals surface area contributed by atoms with Crippen molar-refractivity contribution in [1.29, 1.82) is 0 Å². The molecular formula is C16H19ClN4S. The molecule has 22 heavy (non-hydrogen) atoms. The molecule has 0 radical (unpaired) electrons. The van der Waals surface area contributed by atoms with E-state index in [0.717, 1.165) is 48.9 Å².